The van der Waals surface area contributed by atoms with Gasteiger partial charge in [-0.2, -0.15) is 0 Å². The second-order valence-corrected chi connectivity index (χ2v) is 5.40. The summed E-state index contributed by atoms with van der Waals surface area (Å²) >= 11 is 0. The molecule has 100 valence electrons. The first-order valence-corrected chi connectivity index (χ1v) is 7.29. The summed E-state index contributed by atoms with van der Waals surface area (Å²) in [6.45, 7) is 3.13. The molecule has 1 nitrogen and oxygen atoms in total. The highest BCUT2D eigenvalue weighted by atomic mass is 19.1. The molecule has 1 atom stereocenters. The lowest BCUT2D eigenvalue weighted by molar-refractivity contribution is 0.494. The zero-order chi connectivity index (χ0) is 12.8. The zero-order valence-corrected chi connectivity index (χ0v) is 11.3. The highest BCUT2D eigenvalue weighted by molar-refractivity contribution is 5.22. The van der Waals surface area contributed by atoms with Crippen molar-refractivity contribution in [1.82, 2.24) is 5.32 Å². The maximum atomic E-state index is 13.9. The molecule has 1 aromatic carbocycles. The average Bonchev–Trinajstić information content (AvgIpc) is 3.19. The zero-order valence-electron chi connectivity index (χ0n) is 11.3. The largest absolute Gasteiger partial charge is 0.313 e. The molecule has 0 saturated heterocycles. The van der Waals surface area contributed by atoms with Gasteiger partial charge in [0.25, 0.3) is 0 Å². The van der Waals surface area contributed by atoms with Gasteiger partial charge in [-0.3, -0.25) is 0 Å². The first-order chi connectivity index (χ1) is 8.81. The monoisotopic (exact) mass is 249 g/mol. The fourth-order valence-corrected chi connectivity index (χ4v) is 2.41. The number of halogens is 1. The standard InChI is InChI=1S/C16H24FN/c1-2-3-4-7-13(12-18-14-10-11-14)15-8-5-6-9-16(15)17/h5-6,8-9,13-14,18H,2-4,7,10-12H2,1H3. The molecule has 2 heteroatoms. The van der Waals surface area contributed by atoms with Crippen LogP contribution < -0.4 is 5.32 Å². The van der Waals surface area contributed by atoms with Gasteiger partial charge in [0.2, 0.25) is 0 Å². The summed E-state index contributed by atoms with van der Waals surface area (Å²) in [5.74, 6) is 0.287. The first kappa shape index (κ1) is 13.5. The fourth-order valence-electron chi connectivity index (χ4n) is 2.41. The van der Waals surface area contributed by atoms with Crippen LogP contribution in [0.4, 0.5) is 4.39 Å². The third-order valence-corrected chi connectivity index (χ3v) is 3.73. The second-order valence-electron chi connectivity index (χ2n) is 5.40. The van der Waals surface area contributed by atoms with Crippen LogP contribution in [0.3, 0.4) is 0 Å². The van der Waals surface area contributed by atoms with Crippen molar-refractivity contribution >= 4 is 0 Å². The van der Waals surface area contributed by atoms with Crippen LogP contribution in [0.5, 0.6) is 0 Å². The van der Waals surface area contributed by atoms with E-state index < -0.39 is 0 Å². The Morgan fingerprint density at radius 1 is 1.28 bits per heavy atom. The van der Waals surface area contributed by atoms with E-state index in [4.69, 9.17) is 0 Å². The molecule has 2 rings (SSSR count). The summed E-state index contributed by atoms with van der Waals surface area (Å²) in [6.07, 6.45) is 7.34. The Labute approximate surface area is 110 Å². The third kappa shape index (κ3) is 4.09. The molecule has 1 aliphatic carbocycles. The van der Waals surface area contributed by atoms with E-state index in [1.165, 1.54) is 32.1 Å². The van der Waals surface area contributed by atoms with Gasteiger partial charge in [0, 0.05) is 12.6 Å². The normalized spacial score (nSPS) is 16.8. The van der Waals surface area contributed by atoms with Crippen molar-refractivity contribution in [2.45, 2.75) is 57.4 Å². The number of nitrogens with one attached hydrogen (secondary N) is 1. The van der Waals surface area contributed by atoms with Gasteiger partial charge in [0.1, 0.15) is 5.82 Å². The van der Waals surface area contributed by atoms with Gasteiger partial charge < -0.3 is 5.32 Å². The van der Waals surface area contributed by atoms with Gasteiger partial charge in [0.15, 0.2) is 0 Å². The van der Waals surface area contributed by atoms with Crippen LogP contribution in [0.15, 0.2) is 24.3 Å². The molecular formula is C16H24FN. The van der Waals surface area contributed by atoms with Crippen LogP contribution in [0.1, 0.15) is 56.9 Å². The van der Waals surface area contributed by atoms with Gasteiger partial charge in [-0.05, 0) is 36.8 Å². The van der Waals surface area contributed by atoms with E-state index in [2.05, 4.69) is 12.2 Å². The van der Waals surface area contributed by atoms with Crippen molar-refractivity contribution < 1.29 is 4.39 Å². The molecule has 18 heavy (non-hydrogen) atoms. The molecule has 0 spiro atoms. The van der Waals surface area contributed by atoms with E-state index in [0.29, 0.717) is 12.0 Å². The Morgan fingerprint density at radius 2 is 2.06 bits per heavy atom. The summed E-state index contributed by atoms with van der Waals surface area (Å²) in [7, 11) is 0. The lowest BCUT2D eigenvalue weighted by Crippen LogP contribution is -2.24. The maximum Gasteiger partial charge on any atom is 0.126 e. The highest BCUT2D eigenvalue weighted by Gasteiger charge is 2.23. The lowest BCUT2D eigenvalue weighted by Gasteiger charge is -2.18. The van der Waals surface area contributed by atoms with Gasteiger partial charge in [0.05, 0.1) is 0 Å². The maximum absolute atomic E-state index is 13.9. The number of hydrogen-bond donors (Lipinski definition) is 1. The minimum atomic E-state index is -0.0448. The minimum absolute atomic E-state index is 0.0448. The van der Waals surface area contributed by atoms with Crippen LogP contribution in [-0.4, -0.2) is 12.6 Å². The van der Waals surface area contributed by atoms with E-state index in [1.807, 2.05) is 12.1 Å². The average molecular weight is 249 g/mol. The van der Waals surface area contributed by atoms with Crippen molar-refractivity contribution in [2.75, 3.05) is 6.54 Å². The molecule has 1 N–H and O–H groups in total. The first-order valence-electron chi connectivity index (χ1n) is 7.29. The molecule has 0 bridgehead atoms. The lowest BCUT2D eigenvalue weighted by atomic mass is 9.92. The Hall–Kier alpha value is -0.890. The van der Waals surface area contributed by atoms with Crippen LogP contribution in [0, 0.1) is 5.82 Å². The van der Waals surface area contributed by atoms with E-state index in [9.17, 15) is 4.39 Å². The van der Waals surface area contributed by atoms with E-state index in [-0.39, 0.29) is 5.82 Å². The van der Waals surface area contributed by atoms with E-state index in [0.717, 1.165) is 18.5 Å². The quantitative estimate of drug-likeness (QED) is 0.679. The molecule has 1 aromatic rings. The Morgan fingerprint density at radius 3 is 2.72 bits per heavy atom. The molecule has 1 aliphatic rings. The van der Waals surface area contributed by atoms with Crippen LogP contribution in [0.25, 0.3) is 0 Å². The predicted octanol–water partition coefficient (Wildman–Crippen LogP) is 4.24. The van der Waals surface area contributed by atoms with Crippen molar-refractivity contribution in [2.24, 2.45) is 0 Å². The highest BCUT2D eigenvalue weighted by Crippen LogP contribution is 2.26. The van der Waals surface area contributed by atoms with Crippen LogP contribution in [0.2, 0.25) is 0 Å². The molecule has 1 unspecified atom stereocenters. The fraction of sp³-hybridized carbons (Fsp3) is 0.625. The molecular weight excluding hydrogens is 225 g/mol. The molecule has 0 heterocycles. The summed E-state index contributed by atoms with van der Waals surface area (Å²) in [5, 5.41) is 3.54. The molecule has 1 saturated carbocycles. The van der Waals surface area contributed by atoms with Gasteiger partial charge in [-0.15, -0.1) is 0 Å². The summed E-state index contributed by atoms with van der Waals surface area (Å²) in [6, 6.07) is 7.95. The van der Waals surface area contributed by atoms with Crippen LogP contribution in [-0.2, 0) is 0 Å². The molecule has 0 aromatic heterocycles. The number of unbranched alkanes of at least 4 members (excludes halogenated alkanes) is 2. The molecule has 0 aliphatic heterocycles. The topological polar surface area (TPSA) is 12.0 Å². The van der Waals surface area contributed by atoms with Crippen LogP contribution >= 0.6 is 0 Å². The van der Waals surface area contributed by atoms with Crippen molar-refractivity contribution in [1.29, 1.82) is 0 Å². The molecule has 0 amide bonds. The second kappa shape index (κ2) is 6.89. The van der Waals surface area contributed by atoms with Crippen molar-refractivity contribution in [3.05, 3.63) is 35.6 Å². The Kier molecular flexibility index (Phi) is 5.18. The SMILES string of the molecule is CCCCCC(CNC1CC1)c1ccccc1F. The van der Waals surface area contributed by atoms with E-state index in [1.54, 1.807) is 12.1 Å². The van der Waals surface area contributed by atoms with Gasteiger partial charge in [-0.1, -0.05) is 44.4 Å². The Bertz CT molecular complexity index is 360. The Balaban J connectivity index is 1.95. The van der Waals surface area contributed by atoms with Gasteiger partial charge >= 0.3 is 0 Å². The van der Waals surface area contributed by atoms with Crippen molar-refractivity contribution in [3.63, 3.8) is 0 Å². The minimum Gasteiger partial charge on any atom is -0.313 e. The molecule has 0 radical (unpaired) electrons. The summed E-state index contributed by atoms with van der Waals surface area (Å²) in [5.41, 5.74) is 0.891. The summed E-state index contributed by atoms with van der Waals surface area (Å²) < 4.78 is 13.9. The van der Waals surface area contributed by atoms with E-state index >= 15 is 0 Å². The number of benzene rings is 1. The third-order valence-electron chi connectivity index (χ3n) is 3.73. The summed E-state index contributed by atoms with van der Waals surface area (Å²) in [4.78, 5) is 0. The van der Waals surface area contributed by atoms with Crippen molar-refractivity contribution in [3.8, 4) is 0 Å². The predicted molar refractivity (Wildman–Crippen MR) is 74.3 cm³/mol. The number of hydrogen-bond acceptors (Lipinski definition) is 1. The number of rotatable bonds is 8. The van der Waals surface area contributed by atoms with Gasteiger partial charge in [-0.25, -0.2) is 4.39 Å². The smallest absolute Gasteiger partial charge is 0.126 e. The molecule has 1 fully saturated rings.